The van der Waals surface area contributed by atoms with Gasteiger partial charge in [-0.1, -0.05) is 18.2 Å². The topological polar surface area (TPSA) is 51.2 Å². The number of rotatable bonds is 9. The average Bonchev–Trinajstić information content (AvgIpc) is 3.09. The first-order valence-corrected chi connectivity index (χ1v) is 9.14. The number of ether oxygens (including phenoxy) is 3. The maximum atomic E-state index is 13.2. The Morgan fingerprint density at radius 1 is 1.04 bits per heavy atom. The van der Waals surface area contributed by atoms with Crippen molar-refractivity contribution in [1.82, 2.24) is 4.90 Å². The van der Waals surface area contributed by atoms with Gasteiger partial charge in [0.25, 0.3) is 0 Å². The minimum atomic E-state index is -0.609. The Kier molecular flexibility index (Phi) is 6.66. The van der Waals surface area contributed by atoms with Gasteiger partial charge in [0.05, 0.1) is 18.8 Å². The summed E-state index contributed by atoms with van der Waals surface area (Å²) in [7, 11) is 0. The van der Waals surface area contributed by atoms with Gasteiger partial charge in [-0.3, -0.25) is 4.90 Å². The van der Waals surface area contributed by atoms with Crippen LogP contribution in [-0.4, -0.2) is 42.2 Å². The number of benzene rings is 2. The molecule has 0 amide bonds. The molecule has 0 aromatic heterocycles. The minimum Gasteiger partial charge on any atom is -0.454 e. The summed E-state index contributed by atoms with van der Waals surface area (Å²) in [4.78, 5) is 2.11. The van der Waals surface area contributed by atoms with Crippen LogP contribution in [0.5, 0.6) is 11.5 Å². The number of aliphatic hydroxyl groups is 1. The first-order chi connectivity index (χ1) is 13.0. The summed E-state index contributed by atoms with van der Waals surface area (Å²) in [5.41, 5.74) is 2.03. The lowest BCUT2D eigenvalue weighted by atomic mass is 10.1. The van der Waals surface area contributed by atoms with E-state index in [4.69, 9.17) is 14.2 Å². The van der Waals surface area contributed by atoms with Crippen LogP contribution in [0.4, 0.5) is 4.39 Å². The molecule has 0 saturated carbocycles. The average molecular weight is 375 g/mol. The van der Waals surface area contributed by atoms with E-state index < -0.39 is 6.10 Å². The van der Waals surface area contributed by atoms with Gasteiger partial charge in [-0.25, -0.2) is 4.39 Å². The van der Waals surface area contributed by atoms with Gasteiger partial charge in [0, 0.05) is 19.6 Å². The molecule has 146 valence electrons. The van der Waals surface area contributed by atoms with E-state index in [1.165, 1.54) is 12.1 Å². The summed E-state index contributed by atoms with van der Waals surface area (Å²) >= 11 is 0. The second-order valence-electron chi connectivity index (χ2n) is 7.02. The van der Waals surface area contributed by atoms with E-state index in [2.05, 4.69) is 4.90 Å². The van der Waals surface area contributed by atoms with Gasteiger partial charge in [-0.2, -0.15) is 0 Å². The van der Waals surface area contributed by atoms with Crippen LogP contribution in [0, 0.1) is 5.82 Å². The molecule has 5 nitrogen and oxygen atoms in total. The van der Waals surface area contributed by atoms with Crippen molar-refractivity contribution in [3.05, 3.63) is 59.4 Å². The van der Waals surface area contributed by atoms with E-state index in [9.17, 15) is 9.50 Å². The molecule has 1 heterocycles. The zero-order chi connectivity index (χ0) is 19.2. The summed E-state index contributed by atoms with van der Waals surface area (Å²) in [6.45, 7) is 6.05. The molecule has 1 N–H and O–H groups in total. The van der Waals surface area contributed by atoms with Gasteiger partial charge < -0.3 is 19.3 Å². The Balaban J connectivity index is 1.69. The lowest BCUT2D eigenvalue weighted by molar-refractivity contribution is -0.0106. The normalized spacial score (nSPS) is 14.1. The predicted molar refractivity (Wildman–Crippen MR) is 100 cm³/mol. The highest BCUT2D eigenvalue weighted by atomic mass is 19.1. The van der Waals surface area contributed by atoms with Gasteiger partial charge in [0.15, 0.2) is 11.5 Å². The number of fused-ring (bicyclic) bond motifs is 1. The second-order valence-corrected chi connectivity index (χ2v) is 7.02. The van der Waals surface area contributed by atoms with E-state index in [-0.39, 0.29) is 25.3 Å². The largest absolute Gasteiger partial charge is 0.454 e. The molecule has 0 aliphatic carbocycles. The Labute approximate surface area is 159 Å². The number of nitrogens with zero attached hydrogens (tertiary/aromatic N) is 1. The maximum Gasteiger partial charge on any atom is 0.231 e. The van der Waals surface area contributed by atoms with Crippen LogP contribution >= 0.6 is 0 Å². The van der Waals surface area contributed by atoms with Crippen LogP contribution in [0.3, 0.4) is 0 Å². The lowest BCUT2D eigenvalue weighted by Crippen LogP contribution is -2.34. The fraction of sp³-hybridized carbons (Fsp3) is 0.429. The smallest absolute Gasteiger partial charge is 0.231 e. The zero-order valence-corrected chi connectivity index (χ0v) is 15.7. The standard InChI is InChI=1S/C21H26FNO4/c1-15(2)25-13-19(24)12-23(10-16-3-6-18(22)7-4-16)11-17-5-8-20-21(9-17)27-14-26-20/h3-9,15,19,24H,10-14H2,1-2H3/t19-/m1/s1. The van der Waals surface area contributed by atoms with Crippen molar-refractivity contribution in [2.24, 2.45) is 0 Å². The van der Waals surface area contributed by atoms with E-state index in [1.807, 2.05) is 32.0 Å². The quantitative estimate of drug-likeness (QED) is 0.729. The monoisotopic (exact) mass is 375 g/mol. The molecule has 2 aromatic rings. The third-order valence-corrected chi connectivity index (χ3v) is 4.25. The third kappa shape index (κ3) is 5.92. The molecular weight excluding hydrogens is 349 g/mol. The van der Waals surface area contributed by atoms with E-state index in [0.717, 1.165) is 22.6 Å². The molecule has 27 heavy (non-hydrogen) atoms. The molecule has 1 aliphatic rings. The summed E-state index contributed by atoms with van der Waals surface area (Å²) in [5, 5.41) is 10.4. The van der Waals surface area contributed by atoms with Crippen molar-refractivity contribution in [2.45, 2.75) is 39.1 Å². The van der Waals surface area contributed by atoms with Crippen molar-refractivity contribution in [3.63, 3.8) is 0 Å². The highest BCUT2D eigenvalue weighted by Gasteiger charge is 2.17. The van der Waals surface area contributed by atoms with Crippen LogP contribution in [-0.2, 0) is 17.8 Å². The van der Waals surface area contributed by atoms with Crippen molar-refractivity contribution in [1.29, 1.82) is 0 Å². The predicted octanol–water partition coefficient (Wildman–Crippen LogP) is 3.34. The molecule has 0 bridgehead atoms. The molecule has 0 radical (unpaired) electrons. The van der Waals surface area contributed by atoms with Gasteiger partial charge in [0.1, 0.15) is 5.82 Å². The molecule has 0 spiro atoms. The lowest BCUT2D eigenvalue weighted by Gasteiger charge is -2.26. The Morgan fingerprint density at radius 2 is 1.70 bits per heavy atom. The summed E-state index contributed by atoms with van der Waals surface area (Å²) in [6, 6.07) is 12.3. The Morgan fingerprint density at radius 3 is 2.44 bits per heavy atom. The molecule has 1 aliphatic heterocycles. The molecule has 2 aromatic carbocycles. The van der Waals surface area contributed by atoms with Crippen molar-refractivity contribution < 1.29 is 23.7 Å². The summed E-state index contributed by atoms with van der Waals surface area (Å²) in [6.07, 6.45) is -0.541. The zero-order valence-electron chi connectivity index (χ0n) is 15.7. The van der Waals surface area contributed by atoms with E-state index in [1.54, 1.807) is 12.1 Å². The molecule has 3 rings (SSSR count). The summed E-state index contributed by atoms with van der Waals surface area (Å²) < 4.78 is 29.5. The molecule has 0 fully saturated rings. The van der Waals surface area contributed by atoms with E-state index >= 15 is 0 Å². The van der Waals surface area contributed by atoms with Crippen LogP contribution in [0.2, 0.25) is 0 Å². The third-order valence-electron chi connectivity index (χ3n) is 4.25. The van der Waals surface area contributed by atoms with Crippen LogP contribution < -0.4 is 9.47 Å². The van der Waals surface area contributed by atoms with Gasteiger partial charge in [-0.15, -0.1) is 0 Å². The van der Waals surface area contributed by atoms with Crippen LogP contribution in [0.15, 0.2) is 42.5 Å². The van der Waals surface area contributed by atoms with Gasteiger partial charge >= 0.3 is 0 Å². The summed E-state index contributed by atoms with van der Waals surface area (Å²) in [5.74, 6) is 1.22. The second kappa shape index (κ2) is 9.17. The SMILES string of the molecule is CC(C)OC[C@H](O)CN(Cc1ccc(F)cc1)Cc1ccc2c(c1)OCO2. The minimum absolute atomic E-state index is 0.0686. The number of hydrogen-bond donors (Lipinski definition) is 1. The Hall–Kier alpha value is -2.15. The van der Waals surface area contributed by atoms with E-state index in [0.29, 0.717) is 19.6 Å². The first kappa shape index (κ1) is 19.6. The molecule has 1 atom stereocenters. The molecule has 0 unspecified atom stereocenters. The van der Waals surface area contributed by atoms with Gasteiger partial charge in [-0.05, 0) is 49.2 Å². The first-order valence-electron chi connectivity index (χ1n) is 9.14. The van der Waals surface area contributed by atoms with Gasteiger partial charge in [0.2, 0.25) is 6.79 Å². The van der Waals surface area contributed by atoms with Crippen molar-refractivity contribution in [2.75, 3.05) is 19.9 Å². The fourth-order valence-corrected chi connectivity index (χ4v) is 2.98. The Bertz CT molecular complexity index is 735. The van der Waals surface area contributed by atoms with Crippen molar-refractivity contribution in [3.8, 4) is 11.5 Å². The van der Waals surface area contributed by atoms with Crippen molar-refractivity contribution >= 4 is 0 Å². The highest BCUT2D eigenvalue weighted by molar-refractivity contribution is 5.44. The van der Waals surface area contributed by atoms with Crippen LogP contribution in [0.25, 0.3) is 0 Å². The molecule has 0 saturated heterocycles. The molecule has 6 heteroatoms. The highest BCUT2D eigenvalue weighted by Crippen LogP contribution is 2.32. The maximum absolute atomic E-state index is 13.2. The molecular formula is C21H26FNO4. The van der Waals surface area contributed by atoms with Crippen LogP contribution in [0.1, 0.15) is 25.0 Å². The fourth-order valence-electron chi connectivity index (χ4n) is 2.98. The number of halogens is 1. The number of hydrogen-bond acceptors (Lipinski definition) is 5. The number of aliphatic hydroxyl groups excluding tert-OH is 1.